The third-order valence-electron chi connectivity index (χ3n) is 4.55. The van der Waals surface area contributed by atoms with Crippen LogP contribution in [0.3, 0.4) is 0 Å². The van der Waals surface area contributed by atoms with E-state index in [-0.39, 0.29) is 18.4 Å². The van der Waals surface area contributed by atoms with Gasteiger partial charge in [0.2, 0.25) is 0 Å². The van der Waals surface area contributed by atoms with Crippen LogP contribution in [-0.2, 0) is 19.1 Å². The maximum Gasteiger partial charge on any atom is 0.329 e. The molecule has 2 amide bonds. The summed E-state index contributed by atoms with van der Waals surface area (Å²) in [7, 11) is 0. The minimum Gasteiger partial charge on any atom is -0.484 e. The predicted molar refractivity (Wildman–Crippen MR) is 119 cm³/mol. The SMILES string of the molecule is CC(C)c1ccccc1NC(=O)COC(=O)[C@@H](NC(=O)COc1ccccc1)C(C)C. The number of esters is 1. The van der Waals surface area contributed by atoms with Gasteiger partial charge in [-0.2, -0.15) is 0 Å². The highest BCUT2D eigenvalue weighted by Crippen LogP contribution is 2.23. The number of rotatable bonds is 10. The smallest absolute Gasteiger partial charge is 0.329 e. The number of carbonyl (C=O) groups excluding carboxylic acids is 3. The van der Waals surface area contributed by atoms with Gasteiger partial charge in [-0.1, -0.05) is 64.1 Å². The van der Waals surface area contributed by atoms with Crippen molar-refractivity contribution >= 4 is 23.5 Å². The van der Waals surface area contributed by atoms with Crippen molar-refractivity contribution < 1.29 is 23.9 Å². The lowest BCUT2D eigenvalue weighted by molar-refractivity contribution is -0.152. The van der Waals surface area contributed by atoms with E-state index in [1.165, 1.54) is 0 Å². The van der Waals surface area contributed by atoms with Crippen LogP contribution >= 0.6 is 0 Å². The van der Waals surface area contributed by atoms with Gasteiger partial charge in [0, 0.05) is 5.69 Å². The highest BCUT2D eigenvalue weighted by molar-refractivity contribution is 5.94. The van der Waals surface area contributed by atoms with E-state index in [4.69, 9.17) is 9.47 Å². The van der Waals surface area contributed by atoms with Crippen LogP contribution in [0.15, 0.2) is 54.6 Å². The third kappa shape index (κ3) is 7.77. The Balaban J connectivity index is 1.86. The number of nitrogens with one attached hydrogen (secondary N) is 2. The number of ether oxygens (including phenoxy) is 2. The van der Waals surface area contributed by atoms with Gasteiger partial charge in [0.25, 0.3) is 11.8 Å². The summed E-state index contributed by atoms with van der Waals surface area (Å²) in [5, 5.41) is 5.38. The van der Waals surface area contributed by atoms with Crippen molar-refractivity contribution in [1.82, 2.24) is 5.32 Å². The van der Waals surface area contributed by atoms with Crippen LogP contribution in [0.4, 0.5) is 5.69 Å². The molecule has 7 nitrogen and oxygen atoms in total. The van der Waals surface area contributed by atoms with Gasteiger partial charge in [0.05, 0.1) is 0 Å². The van der Waals surface area contributed by atoms with E-state index in [9.17, 15) is 14.4 Å². The first-order chi connectivity index (χ1) is 14.8. The van der Waals surface area contributed by atoms with Gasteiger partial charge in [-0.3, -0.25) is 9.59 Å². The molecule has 2 N–H and O–H groups in total. The van der Waals surface area contributed by atoms with Crippen molar-refractivity contribution in [2.24, 2.45) is 5.92 Å². The molecular formula is C24H30N2O5. The summed E-state index contributed by atoms with van der Waals surface area (Å²) in [6.45, 7) is 6.95. The van der Waals surface area contributed by atoms with Gasteiger partial charge < -0.3 is 20.1 Å². The second-order valence-electron chi connectivity index (χ2n) is 7.79. The van der Waals surface area contributed by atoms with Crippen molar-refractivity contribution in [2.75, 3.05) is 18.5 Å². The Hall–Kier alpha value is -3.35. The van der Waals surface area contributed by atoms with Crippen molar-refractivity contribution in [3.8, 4) is 5.75 Å². The van der Waals surface area contributed by atoms with Gasteiger partial charge in [-0.15, -0.1) is 0 Å². The van der Waals surface area contributed by atoms with Crippen molar-refractivity contribution in [3.05, 3.63) is 60.2 Å². The molecule has 0 aromatic heterocycles. The standard InChI is InChI=1S/C24H30N2O5/c1-16(2)19-12-8-9-13-20(19)25-21(27)15-31-24(29)23(17(3)4)26-22(28)14-30-18-10-6-5-7-11-18/h5-13,16-17,23H,14-15H2,1-4H3,(H,25,27)(H,26,28)/t23-/m0/s1. The van der Waals surface area contributed by atoms with Crippen molar-refractivity contribution in [3.63, 3.8) is 0 Å². The summed E-state index contributed by atoms with van der Waals surface area (Å²) >= 11 is 0. The Morgan fingerprint density at radius 2 is 1.48 bits per heavy atom. The lowest BCUT2D eigenvalue weighted by Gasteiger charge is -2.21. The Morgan fingerprint density at radius 3 is 2.13 bits per heavy atom. The average molecular weight is 427 g/mol. The van der Waals surface area contributed by atoms with Gasteiger partial charge >= 0.3 is 5.97 Å². The molecule has 2 aromatic rings. The lowest BCUT2D eigenvalue weighted by Crippen LogP contribution is -2.47. The zero-order chi connectivity index (χ0) is 22.8. The average Bonchev–Trinajstić information content (AvgIpc) is 2.75. The first-order valence-corrected chi connectivity index (χ1v) is 10.3. The van der Waals surface area contributed by atoms with Gasteiger partial charge in [0.1, 0.15) is 11.8 Å². The maximum absolute atomic E-state index is 12.5. The van der Waals surface area contributed by atoms with E-state index < -0.39 is 30.4 Å². The van der Waals surface area contributed by atoms with E-state index in [0.717, 1.165) is 5.56 Å². The Bertz CT molecular complexity index is 881. The Kier molecular flexibility index (Phi) is 9.06. The molecule has 0 aliphatic rings. The number of amides is 2. The molecule has 0 saturated carbocycles. The number of para-hydroxylation sites is 2. The summed E-state index contributed by atoms with van der Waals surface area (Å²) in [4.78, 5) is 36.9. The van der Waals surface area contributed by atoms with Crippen LogP contribution in [0.1, 0.15) is 39.2 Å². The minimum atomic E-state index is -0.886. The van der Waals surface area contributed by atoms with Gasteiger partial charge in [-0.25, -0.2) is 4.79 Å². The number of benzene rings is 2. The fourth-order valence-electron chi connectivity index (χ4n) is 2.91. The fraction of sp³-hybridized carbons (Fsp3) is 0.375. The number of anilines is 1. The third-order valence-corrected chi connectivity index (χ3v) is 4.55. The number of carbonyl (C=O) groups is 3. The molecule has 0 unspecified atom stereocenters. The van der Waals surface area contributed by atoms with Crippen molar-refractivity contribution in [1.29, 1.82) is 0 Å². The second kappa shape index (κ2) is 11.7. The minimum absolute atomic E-state index is 0.224. The van der Waals surface area contributed by atoms with Crippen molar-refractivity contribution in [2.45, 2.75) is 39.7 Å². The zero-order valence-corrected chi connectivity index (χ0v) is 18.4. The molecule has 1 atom stereocenters. The van der Waals surface area contributed by atoms with Gasteiger partial charge in [-0.05, 0) is 35.6 Å². The largest absolute Gasteiger partial charge is 0.484 e. The van der Waals surface area contributed by atoms with E-state index in [0.29, 0.717) is 11.4 Å². The monoisotopic (exact) mass is 426 g/mol. The summed E-state index contributed by atoms with van der Waals surface area (Å²) in [5.41, 5.74) is 1.68. The molecule has 2 aromatic carbocycles. The summed E-state index contributed by atoms with van der Waals surface area (Å²) in [6, 6.07) is 15.5. The first kappa shape index (κ1) is 23.9. The molecular weight excluding hydrogens is 396 g/mol. The van der Waals surface area contributed by atoms with Crippen LogP contribution in [0.2, 0.25) is 0 Å². The van der Waals surface area contributed by atoms with Crippen LogP contribution in [0.5, 0.6) is 5.75 Å². The molecule has 0 spiro atoms. The molecule has 0 saturated heterocycles. The van der Waals surface area contributed by atoms with E-state index in [1.807, 2.05) is 38.1 Å². The Labute approximate surface area is 183 Å². The molecule has 0 radical (unpaired) electrons. The normalized spacial score (nSPS) is 11.7. The maximum atomic E-state index is 12.5. The fourth-order valence-corrected chi connectivity index (χ4v) is 2.91. The number of hydrogen-bond acceptors (Lipinski definition) is 5. The molecule has 0 bridgehead atoms. The molecule has 166 valence electrons. The molecule has 0 heterocycles. The van der Waals surface area contributed by atoms with E-state index in [1.54, 1.807) is 44.2 Å². The Morgan fingerprint density at radius 1 is 0.839 bits per heavy atom. The van der Waals surface area contributed by atoms with Crippen LogP contribution < -0.4 is 15.4 Å². The first-order valence-electron chi connectivity index (χ1n) is 10.3. The quantitative estimate of drug-likeness (QED) is 0.567. The second-order valence-corrected chi connectivity index (χ2v) is 7.79. The van der Waals surface area contributed by atoms with Crippen LogP contribution in [0.25, 0.3) is 0 Å². The molecule has 0 aliphatic carbocycles. The molecule has 0 aliphatic heterocycles. The summed E-state index contributed by atoms with van der Waals surface area (Å²) < 4.78 is 10.6. The lowest BCUT2D eigenvalue weighted by atomic mass is 10.0. The molecule has 0 fully saturated rings. The van der Waals surface area contributed by atoms with Crippen LogP contribution in [0, 0.1) is 5.92 Å². The van der Waals surface area contributed by atoms with Gasteiger partial charge in [0.15, 0.2) is 13.2 Å². The highest BCUT2D eigenvalue weighted by atomic mass is 16.5. The highest BCUT2D eigenvalue weighted by Gasteiger charge is 2.26. The zero-order valence-electron chi connectivity index (χ0n) is 18.4. The summed E-state index contributed by atoms with van der Waals surface area (Å²) in [5.74, 6) is -0.997. The van der Waals surface area contributed by atoms with E-state index >= 15 is 0 Å². The molecule has 7 heteroatoms. The van der Waals surface area contributed by atoms with E-state index in [2.05, 4.69) is 10.6 Å². The predicted octanol–water partition coefficient (Wildman–Crippen LogP) is 3.51. The topological polar surface area (TPSA) is 93.7 Å². The molecule has 2 rings (SSSR count). The number of hydrogen-bond donors (Lipinski definition) is 2. The van der Waals surface area contributed by atoms with Crippen LogP contribution in [-0.4, -0.2) is 37.0 Å². The summed E-state index contributed by atoms with van der Waals surface area (Å²) in [6.07, 6.45) is 0. The molecule has 31 heavy (non-hydrogen) atoms.